The van der Waals surface area contributed by atoms with Crippen LogP contribution in [0.4, 0.5) is 8.78 Å². The normalized spacial score (nSPS) is 26.0. The van der Waals surface area contributed by atoms with Gasteiger partial charge in [-0.05, 0) is 81.9 Å². The van der Waals surface area contributed by atoms with Crippen molar-refractivity contribution in [1.82, 2.24) is 0 Å². The molecule has 1 atom stereocenters. The number of ether oxygens (including phenoxy) is 3. The molecule has 0 bridgehead atoms. The van der Waals surface area contributed by atoms with Crippen LogP contribution in [0.1, 0.15) is 52.4 Å². The summed E-state index contributed by atoms with van der Waals surface area (Å²) in [5.74, 6) is -1.09. The molecule has 3 rings (SSSR count). The lowest BCUT2D eigenvalue weighted by atomic mass is 9.78. The quantitative estimate of drug-likeness (QED) is 0.653. The molecule has 0 spiro atoms. The van der Waals surface area contributed by atoms with E-state index in [-0.39, 0.29) is 11.5 Å². The molecule has 0 saturated heterocycles. The summed E-state index contributed by atoms with van der Waals surface area (Å²) in [5.41, 5.74) is 1.31. The van der Waals surface area contributed by atoms with E-state index in [4.69, 9.17) is 14.2 Å². The molecule has 1 aromatic carbocycles. The molecule has 144 valence electrons. The van der Waals surface area contributed by atoms with E-state index in [0.717, 1.165) is 38.5 Å². The molecule has 26 heavy (non-hydrogen) atoms. The predicted octanol–water partition coefficient (Wildman–Crippen LogP) is 5.63. The Balaban J connectivity index is 1.47. The number of hydrogen-bond acceptors (Lipinski definition) is 3. The van der Waals surface area contributed by atoms with Crippen molar-refractivity contribution >= 4 is 0 Å². The van der Waals surface area contributed by atoms with Gasteiger partial charge in [-0.3, -0.25) is 0 Å². The van der Waals surface area contributed by atoms with E-state index in [1.807, 2.05) is 6.26 Å². The van der Waals surface area contributed by atoms with Crippen LogP contribution < -0.4 is 9.47 Å². The Hall–Kier alpha value is -1.78. The Kier molecular flexibility index (Phi) is 6.38. The summed E-state index contributed by atoms with van der Waals surface area (Å²) in [6, 6.07) is 2.86. The number of hydrogen-bond donors (Lipinski definition) is 0. The largest absolute Gasteiger partial charge is 0.498 e. The van der Waals surface area contributed by atoms with Crippen molar-refractivity contribution < 1.29 is 23.0 Å². The van der Waals surface area contributed by atoms with Crippen molar-refractivity contribution in [3.8, 4) is 11.5 Å². The molecular formula is C21H28F2O3. The van der Waals surface area contributed by atoms with Crippen LogP contribution in [-0.2, 0) is 4.74 Å². The van der Waals surface area contributed by atoms with Gasteiger partial charge in [0.05, 0.1) is 19.5 Å². The highest BCUT2D eigenvalue weighted by Gasteiger charge is 2.30. The zero-order valence-electron chi connectivity index (χ0n) is 15.6. The molecule has 3 nitrogen and oxygen atoms in total. The first-order valence-electron chi connectivity index (χ1n) is 9.63. The summed E-state index contributed by atoms with van der Waals surface area (Å²) in [7, 11) is 0. The maximum atomic E-state index is 14.1. The lowest BCUT2D eigenvalue weighted by molar-refractivity contribution is 0.0354. The van der Waals surface area contributed by atoms with E-state index in [2.05, 4.69) is 6.92 Å². The van der Waals surface area contributed by atoms with Gasteiger partial charge in [-0.15, -0.1) is 0 Å². The smallest absolute Gasteiger partial charge is 0.204 e. The minimum absolute atomic E-state index is 0.0377. The summed E-state index contributed by atoms with van der Waals surface area (Å²) >= 11 is 0. The summed E-state index contributed by atoms with van der Waals surface area (Å²) in [6.07, 6.45) is 8.74. The number of benzene rings is 1. The lowest BCUT2D eigenvalue weighted by Crippen LogP contribution is -2.30. The van der Waals surface area contributed by atoms with Gasteiger partial charge in [0.1, 0.15) is 6.10 Å². The molecule has 1 aliphatic heterocycles. The van der Waals surface area contributed by atoms with E-state index in [1.165, 1.54) is 17.7 Å². The number of allylic oxidation sites excluding steroid dienone is 1. The van der Waals surface area contributed by atoms with Gasteiger partial charge in [-0.1, -0.05) is 0 Å². The molecule has 0 radical (unpaired) electrons. The van der Waals surface area contributed by atoms with Crippen LogP contribution in [0.5, 0.6) is 11.5 Å². The second-order valence-electron chi connectivity index (χ2n) is 7.39. The van der Waals surface area contributed by atoms with Gasteiger partial charge in [0, 0.05) is 0 Å². The highest BCUT2D eigenvalue weighted by molar-refractivity contribution is 5.35. The minimum Gasteiger partial charge on any atom is -0.498 e. The third-order valence-electron chi connectivity index (χ3n) is 5.47. The average Bonchev–Trinajstić information content (AvgIpc) is 2.66. The summed E-state index contributed by atoms with van der Waals surface area (Å²) in [5, 5.41) is 0. The number of halogens is 2. The Morgan fingerprint density at radius 2 is 1.65 bits per heavy atom. The summed E-state index contributed by atoms with van der Waals surface area (Å²) < 4.78 is 44.5. The zero-order chi connectivity index (χ0) is 18.5. The Labute approximate surface area is 154 Å². The van der Waals surface area contributed by atoms with E-state index in [9.17, 15) is 8.78 Å². The second kappa shape index (κ2) is 8.74. The Morgan fingerprint density at radius 3 is 2.23 bits per heavy atom. The highest BCUT2D eigenvalue weighted by Crippen LogP contribution is 2.36. The van der Waals surface area contributed by atoms with E-state index in [1.54, 1.807) is 6.92 Å². The average molecular weight is 366 g/mol. The van der Waals surface area contributed by atoms with Crippen LogP contribution in [0.15, 0.2) is 24.0 Å². The highest BCUT2D eigenvalue weighted by atomic mass is 19.2. The summed E-state index contributed by atoms with van der Waals surface area (Å²) in [4.78, 5) is 0. The van der Waals surface area contributed by atoms with Crippen molar-refractivity contribution in [3.05, 3.63) is 35.6 Å². The van der Waals surface area contributed by atoms with Crippen LogP contribution in [0.2, 0.25) is 0 Å². The maximum Gasteiger partial charge on any atom is 0.204 e. The molecule has 1 aliphatic carbocycles. The molecule has 2 aliphatic rings. The first-order chi connectivity index (χ1) is 12.6. The molecular weight excluding hydrogens is 338 g/mol. The predicted molar refractivity (Wildman–Crippen MR) is 96.3 cm³/mol. The topological polar surface area (TPSA) is 27.7 Å². The Morgan fingerprint density at radius 1 is 1.00 bits per heavy atom. The van der Waals surface area contributed by atoms with Gasteiger partial charge < -0.3 is 14.2 Å². The van der Waals surface area contributed by atoms with Crippen LogP contribution in [0, 0.1) is 23.5 Å². The van der Waals surface area contributed by atoms with E-state index in [0.29, 0.717) is 31.2 Å². The molecule has 1 saturated carbocycles. The van der Waals surface area contributed by atoms with Crippen LogP contribution in [0.3, 0.4) is 0 Å². The Bertz CT molecular complexity index is 636. The standard InChI is InChI=1S/C21H28F2O3/c1-3-24-18-10-11-19(21(23)20(18)22)26-13-15-5-7-16(8-6-15)17-9-4-14(2)12-25-17/h10-12,15-17H,3-9,13H2,1-2H3. The fourth-order valence-corrected chi connectivity index (χ4v) is 3.87. The molecule has 5 heteroatoms. The monoisotopic (exact) mass is 366 g/mol. The molecule has 0 aromatic heterocycles. The molecule has 0 N–H and O–H groups in total. The van der Waals surface area contributed by atoms with Crippen molar-refractivity contribution in [3.63, 3.8) is 0 Å². The molecule has 1 heterocycles. The van der Waals surface area contributed by atoms with Crippen molar-refractivity contribution in [2.75, 3.05) is 13.2 Å². The lowest BCUT2D eigenvalue weighted by Gasteiger charge is -2.35. The SMILES string of the molecule is CCOc1ccc(OCC2CCC(C3CCC(C)=CO3)CC2)c(F)c1F. The van der Waals surface area contributed by atoms with Gasteiger partial charge >= 0.3 is 0 Å². The molecule has 1 unspecified atom stereocenters. The fraction of sp³-hybridized carbons (Fsp3) is 0.619. The van der Waals surface area contributed by atoms with Gasteiger partial charge in [-0.2, -0.15) is 8.78 Å². The molecule has 0 amide bonds. The second-order valence-corrected chi connectivity index (χ2v) is 7.39. The van der Waals surface area contributed by atoms with Gasteiger partial charge in [0.25, 0.3) is 0 Å². The first kappa shape index (κ1) is 19.0. The van der Waals surface area contributed by atoms with Crippen LogP contribution in [0.25, 0.3) is 0 Å². The number of rotatable bonds is 6. The van der Waals surface area contributed by atoms with Gasteiger partial charge in [0.2, 0.25) is 11.6 Å². The first-order valence-corrected chi connectivity index (χ1v) is 9.63. The van der Waals surface area contributed by atoms with Crippen LogP contribution in [-0.4, -0.2) is 19.3 Å². The van der Waals surface area contributed by atoms with Crippen molar-refractivity contribution in [2.24, 2.45) is 11.8 Å². The van der Waals surface area contributed by atoms with Crippen molar-refractivity contribution in [1.29, 1.82) is 0 Å². The van der Waals surface area contributed by atoms with Crippen molar-refractivity contribution in [2.45, 2.75) is 58.5 Å². The van der Waals surface area contributed by atoms with Gasteiger partial charge in [0.15, 0.2) is 11.5 Å². The molecule has 1 aromatic rings. The zero-order valence-corrected chi connectivity index (χ0v) is 15.6. The molecule has 1 fully saturated rings. The third-order valence-corrected chi connectivity index (χ3v) is 5.47. The van der Waals surface area contributed by atoms with Crippen LogP contribution >= 0.6 is 0 Å². The minimum atomic E-state index is -0.981. The van der Waals surface area contributed by atoms with E-state index >= 15 is 0 Å². The maximum absolute atomic E-state index is 14.1. The van der Waals surface area contributed by atoms with E-state index < -0.39 is 11.6 Å². The summed E-state index contributed by atoms with van der Waals surface area (Å²) in [6.45, 7) is 4.54. The third kappa shape index (κ3) is 4.49. The fourth-order valence-electron chi connectivity index (χ4n) is 3.87. The van der Waals surface area contributed by atoms with Gasteiger partial charge in [-0.25, -0.2) is 0 Å².